The summed E-state index contributed by atoms with van der Waals surface area (Å²) in [6, 6.07) is 5.65. The molecule has 2 aromatic rings. The third kappa shape index (κ3) is 2.69. The van der Waals surface area contributed by atoms with Gasteiger partial charge in [-0.25, -0.2) is 0 Å². The molecule has 0 aliphatic rings. The molecular formula is C14H17ClN2OS. The van der Waals surface area contributed by atoms with Crippen LogP contribution in [0.2, 0.25) is 5.02 Å². The highest BCUT2D eigenvalue weighted by Gasteiger charge is 2.20. The molecule has 0 aliphatic heterocycles. The standard InChI is InChI=1S/C14H17ClN2OS/c1-14(2,3)12-8-16-13(19)17(12)9-5-6-11(18-4)10(15)7-9/h5-8H,1-4H3,(H,16,19). The van der Waals surface area contributed by atoms with E-state index in [9.17, 15) is 0 Å². The van der Waals surface area contributed by atoms with Gasteiger partial charge in [-0.15, -0.1) is 0 Å². The number of rotatable bonds is 2. The lowest BCUT2D eigenvalue weighted by molar-refractivity contribution is 0.415. The second kappa shape index (κ2) is 5.02. The van der Waals surface area contributed by atoms with Gasteiger partial charge in [-0.2, -0.15) is 0 Å². The van der Waals surface area contributed by atoms with Crippen molar-refractivity contribution in [3.8, 4) is 11.4 Å². The number of aromatic nitrogens is 2. The molecule has 0 aliphatic carbocycles. The minimum Gasteiger partial charge on any atom is -0.495 e. The summed E-state index contributed by atoms with van der Waals surface area (Å²) in [6.45, 7) is 6.44. The van der Waals surface area contributed by atoms with Crippen LogP contribution in [0, 0.1) is 4.77 Å². The number of H-pyrrole nitrogens is 1. The summed E-state index contributed by atoms with van der Waals surface area (Å²) in [5, 5.41) is 0.572. The van der Waals surface area contributed by atoms with E-state index >= 15 is 0 Å². The Labute approximate surface area is 123 Å². The molecule has 19 heavy (non-hydrogen) atoms. The molecule has 102 valence electrons. The van der Waals surface area contributed by atoms with Crippen molar-refractivity contribution in [2.45, 2.75) is 26.2 Å². The Morgan fingerprint density at radius 2 is 2.00 bits per heavy atom. The van der Waals surface area contributed by atoms with E-state index in [1.54, 1.807) is 7.11 Å². The quantitative estimate of drug-likeness (QED) is 0.827. The molecule has 1 N–H and O–H groups in total. The van der Waals surface area contributed by atoms with Gasteiger partial charge in [-0.1, -0.05) is 32.4 Å². The van der Waals surface area contributed by atoms with Crippen molar-refractivity contribution in [2.75, 3.05) is 7.11 Å². The highest BCUT2D eigenvalue weighted by Crippen LogP contribution is 2.30. The van der Waals surface area contributed by atoms with Crippen molar-refractivity contribution in [2.24, 2.45) is 0 Å². The highest BCUT2D eigenvalue weighted by molar-refractivity contribution is 7.71. The van der Waals surface area contributed by atoms with E-state index in [2.05, 4.69) is 25.8 Å². The van der Waals surface area contributed by atoms with Gasteiger partial charge in [0, 0.05) is 23.0 Å². The summed E-state index contributed by atoms with van der Waals surface area (Å²) in [6.07, 6.45) is 1.94. The lowest BCUT2D eigenvalue weighted by atomic mass is 9.92. The van der Waals surface area contributed by atoms with Crippen LogP contribution in [-0.4, -0.2) is 16.7 Å². The number of nitrogens with zero attached hydrogens (tertiary/aromatic N) is 1. The van der Waals surface area contributed by atoms with Crippen LogP contribution in [-0.2, 0) is 5.41 Å². The van der Waals surface area contributed by atoms with Crippen molar-refractivity contribution in [1.29, 1.82) is 0 Å². The summed E-state index contributed by atoms with van der Waals surface area (Å²) in [5.41, 5.74) is 2.03. The van der Waals surface area contributed by atoms with Crippen LogP contribution in [0.5, 0.6) is 5.75 Å². The Kier molecular flexibility index (Phi) is 3.74. The van der Waals surface area contributed by atoms with Crippen LogP contribution >= 0.6 is 23.8 Å². The predicted molar refractivity (Wildman–Crippen MR) is 81.2 cm³/mol. The van der Waals surface area contributed by atoms with Crippen molar-refractivity contribution in [3.05, 3.63) is 39.9 Å². The van der Waals surface area contributed by atoms with Crippen LogP contribution in [0.15, 0.2) is 24.4 Å². The summed E-state index contributed by atoms with van der Waals surface area (Å²) < 4.78 is 7.83. The normalized spacial score (nSPS) is 11.6. The molecule has 0 saturated carbocycles. The Balaban J connectivity index is 2.63. The topological polar surface area (TPSA) is 29.9 Å². The van der Waals surface area contributed by atoms with Gasteiger partial charge in [0.05, 0.1) is 12.1 Å². The average molecular weight is 297 g/mol. The Morgan fingerprint density at radius 3 is 2.53 bits per heavy atom. The SMILES string of the molecule is COc1ccc(-n2c(C(C)(C)C)c[nH]c2=S)cc1Cl. The molecule has 1 aromatic carbocycles. The Bertz CT molecular complexity index is 652. The molecule has 1 heterocycles. The Hall–Kier alpha value is -1.26. The Morgan fingerprint density at radius 1 is 1.32 bits per heavy atom. The first-order valence-corrected chi connectivity index (χ1v) is 6.78. The zero-order chi connectivity index (χ0) is 14.2. The molecule has 2 rings (SSSR count). The number of nitrogens with one attached hydrogen (secondary N) is 1. The second-order valence-electron chi connectivity index (χ2n) is 5.38. The fraction of sp³-hybridized carbons (Fsp3) is 0.357. The van der Waals surface area contributed by atoms with Gasteiger partial charge >= 0.3 is 0 Å². The lowest BCUT2D eigenvalue weighted by Gasteiger charge is -2.21. The number of imidazole rings is 1. The minimum absolute atomic E-state index is 0.0139. The molecule has 0 bridgehead atoms. The summed E-state index contributed by atoms with van der Waals surface area (Å²) in [5.74, 6) is 0.657. The number of hydrogen-bond donors (Lipinski definition) is 1. The maximum absolute atomic E-state index is 6.18. The fourth-order valence-corrected chi connectivity index (χ4v) is 2.49. The van der Waals surface area contributed by atoms with Crippen molar-refractivity contribution in [1.82, 2.24) is 9.55 Å². The minimum atomic E-state index is -0.0139. The van der Waals surface area contributed by atoms with E-state index in [1.165, 1.54) is 0 Å². The number of halogens is 1. The lowest BCUT2D eigenvalue weighted by Crippen LogP contribution is -2.16. The molecule has 0 unspecified atom stereocenters. The first kappa shape index (κ1) is 14.2. The number of methoxy groups -OCH3 is 1. The van der Waals surface area contributed by atoms with Gasteiger partial charge < -0.3 is 9.72 Å². The molecule has 3 nitrogen and oxygen atoms in total. The van der Waals surface area contributed by atoms with E-state index in [-0.39, 0.29) is 5.41 Å². The molecule has 0 atom stereocenters. The van der Waals surface area contributed by atoms with Crippen LogP contribution in [0.1, 0.15) is 26.5 Å². The van der Waals surface area contributed by atoms with Crippen LogP contribution in [0.4, 0.5) is 0 Å². The highest BCUT2D eigenvalue weighted by atomic mass is 35.5. The molecule has 0 amide bonds. The molecular weight excluding hydrogens is 280 g/mol. The summed E-state index contributed by atoms with van der Waals surface area (Å²) in [7, 11) is 1.60. The first-order chi connectivity index (χ1) is 8.84. The van der Waals surface area contributed by atoms with E-state index < -0.39 is 0 Å². The summed E-state index contributed by atoms with van der Waals surface area (Å²) in [4.78, 5) is 3.09. The molecule has 5 heteroatoms. The maximum atomic E-state index is 6.18. The number of hydrogen-bond acceptors (Lipinski definition) is 2. The second-order valence-corrected chi connectivity index (χ2v) is 6.18. The van der Waals surface area contributed by atoms with Crippen molar-refractivity contribution < 1.29 is 4.74 Å². The van der Waals surface area contributed by atoms with Gasteiger partial charge in [-0.05, 0) is 30.4 Å². The van der Waals surface area contributed by atoms with E-state index in [0.717, 1.165) is 11.4 Å². The van der Waals surface area contributed by atoms with Crippen molar-refractivity contribution in [3.63, 3.8) is 0 Å². The fourth-order valence-electron chi connectivity index (χ4n) is 1.97. The predicted octanol–water partition coefficient (Wildman–Crippen LogP) is 4.49. The van der Waals surface area contributed by atoms with Crippen LogP contribution in [0.3, 0.4) is 0 Å². The van der Waals surface area contributed by atoms with Gasteiger partial charge in [0.15, 0.2) is 4.77 Å². The van der Waals surface area contributed by atoms with Gasteiger partial charge in [-0.3, -0.25) is 4.57 Å². The molecule has 0 radical (unpaired) electrons. The van der Waals surface area contributed by atoms with Gasteiger partial charge in [0.1, 0.15) is 5.75 Å². The monoisotopic (exact) mass is 296 g/mol. The smallest absolute Gasteiger partial charge is 0.182 e. The van der Waals surface area contributed by atoms with E-state index in [4.69, 9.17) is 28.6 Å². The third-order valence-electron chi connectivity index (χ3n) is 2.94. The molecule has 0 spiro atoms. The molecule has 1 aromatic heterocycles. The maximum Gasteiger partial charge on any atom is 0.182 e. The largest absolute Gasteiger partial charge is 0.495 e. The van der Waals surface area contributed by atoms with Crippen LogP contribution in [0.25, 0.3) is 5.69 Å². The van der Waals surface area contributed by atoms with E-state index in [1.807, 2.05) is 29.0 Å². The number of ether oxygens (including phenoxy) is 1. The van der Waals surface area contributed by atoms with Crippen molar-refractivity contribution >= 4 is 23.8 Å². The number of benzene rings is 1. The molecule has 0 saturated heterocycles. The zero-order valence-electron chi connectivity index (χ0n) is 11.5. The van der Waals surface area contributed by atoms with Crippen LogP contribution < -0.4 is 4.74 Å². The third-order valence-corrected chi connectivity index (χ3v) is 3.53. The average Bonchev–Trinajstić information content (AvgIpc) is 2.70. The summed E-state index contributed by atoms with van der Waals surface area (Å²) >= 11 is 11.5. The first-order valence-electron chi connectivity index (χ1n) is 5.99. The number of aromatic amines is 1. The zero-order valence-corrected chi connectivity index (χ0v) is 13.0. The van der Waals surface area contributed by atoms with Gasteiger partial charge in [0.2, 0.25) is 0 Å². The van der Waals surface area contributed by atoms with E-state index in [0.29, 0.717) is 15.5 Å². The van der Waals surface area contributed by atoms with Gasteiger partial charge in [0.25, 0.3) is 0 Å². The molecule has 0 fully saturated rings.